The average Bonchev–Trinajstić information content (AvgIpc) is 2.50. The van der Waals surface area contributed by atoms with Crippen molar-refractivity contribution in [3.8, 4) is 0 Å². The van der Waals surface area contributed by atoms with Crippen LogP contribution in [0.5, 0.6) is 0 Å². The van der Waals surface area contributed by atoms with Gasteiger partial charge in [-0.1, -0.05) is 20.8 Å². The summed E-state index contributed by atoms with van der Waals surface area (Å²) in [5, 5.41) is 0. The summed E-state index contributed by atoms with van der Waals surface area (Å²) >= 11 is 0. The molecule has 3 nitrogen and oxygen atoms in total. The van der Waals surface area contributed by atoms with Crippen LogP contribution in [0.3, 0.4) is 0 Å². The van der Waals surface area contributed by atoms with Crippen LogP contribution in [-0.2, 0) is 9.53 Å². The Morgan fingerprint density at radius 1 is 1.38 bits per heavy atom. The maximum absolute atomic E-state index is 11.6. The zero-order valence-electron chi connectivity index (χ0n) is 10.4. The van der Waals surface area contributed by atoms with E-state index in [1.54, 1.807) is 0 Å². The highest BCUT2D eigenvalue weighted by molar-refractivity contribution is 6.02. The lowest BCUT2D eigenvalue weighted by Gasteiger charge is -2.35. The van der Waals surface area contributed by atoms with Crippen LogP contribution in [-0.4, -0.2) is 23.8 Å². The number of ether oxygens (including phenoxy) is 1. The number of rotatable bonds is 0. The minimum atomic E-state index is -0.307. The number of hydrogen-bond acceptors (Lipinski definition) is 3. The fourth-order valence-corrected chi connectivity index (χ4v) is 3.87. The summed E-state index contributed by atoms with van der Waals surface area (Å²) in [5.41, 5.74) is 1.50. The third-order valence-electron chi connectivity index (χ3n) is 5.42. The first-order valence-corrected chi connectivity index (χ1v) is 6.16. The summed E-state index contributed by atoms with van der Waals surface area (Å²) in [7, 11) is 0. The van der Waals surface area contributed by atoms with Gasteiger partial charge in [-0.25, -0.2) is 4.79 Å². The van der Waals surface area contributed by atoms with Crippen molar-refractivity contribution in [3.05, 3.63) is 0 Å². The molecule has 0 aromatic carbocycles. The SMILES string of the molecule is CC1N=C2[C@H](OC1=O)[C@H]1CC[C@]2(C)C1(C)C. The van der Waals surface area contributed by atoms with E-state index < -0.39 is 0 Å². The van der Waals surface area contributed by atoms with Crippen LogP contribution in [0.15, 0.2) is 4.99 Å². The molecule has 0 spiro atoms. The summed E-state index contributed by atoms with van der Waals surface area (Å²) < 4.78 is 5.59. The van der Waals surface area contributed by atoms with Gasteiger partial charge >= 0.3 is 5.97 Å². The van der Waals surface area contributed by atoms with E-state index in [1.807, 2.05) is 6.92 Å². The lowest BCUT2D eigenvalue weighted by Crippen LogP contribution is -2.43. The second-order valence-corrected chi connectivity index (χ2v) is 6.25. The fourth-order valence-electron chi connectivity index (χ4n) is 3.87. The molecule has 0 aromatic heterocycles. The average molecular weight is 221 g/mol. The summed E-state index contributed by atoms with van der Waals surface area (Å²) in [4.78, 5) is 16.2. The molecule has 0 N–H and O–H groups in total. The summed E-state index contributed by atoms with van der Waals surface area (Å²) in [6.45, 7) is 8.71. The second kappa shape index (κ2) is 2.69. The molecule has 0 amide bonds. The van der Waals surface area contributed by atoms with Crippen molar-refractivity contribution in [1.29, 1.82) is 0 Å². The normalized spacial score (nSPS) is 48.6. The molecule has 1 heterocycles. The number of carbonyl (C=O) groups is 1. The zero-order chi connectivity index (χ0) is 11.7. The Morgan fingerprint density at radius 3 is 2.75 bits per heavy atom. The molecule has 1 unspecified atom stereocenters. The molecule has 0 saturated heterocycles. The van der Waals surface area contributed by atoms with E-state index in [1.165, 1.54) is 6.42 Å². The number of aliphatic imine (C=N–C) groups is 1. The van der Waals surface area contributed by atoms with E-state index in [0.717, 1.165) is 12.1 Å². The largest absolute Gasteiger partial charge is 0.454 e. The Balaban J connectivity index is 2.13. The molecule has 3 heteroatoms. The first-order valence-electron chi connectivity index (χ1n) is 6.16. The number of nitrogens with zero attached hydrogens (tertiary/aromatic N) is 1. The lowest BCUT2D eigenvalue weighted by atomic mass is 9.70. The molecular weight excluding hydrogens is 202 g/mol. The van der Waals surface area contributed by atoms with Gasteiger partial charge in [0.1, 0.15) is 12.1 Å². The van der Waals surface area contributed by atoms with Crippen molar-refractivity contribution in [2.75, 3.05) is 0 Å². The molecule has 4 atom stereocenters. The molecule has 16 heavy (non-hydrogen) atoms. The lowest BCUT2D eigenvalue weighted by molar-refractivity contribution is -0.150. The van der Waals surface area contributed by atoms with E-state index in [0.29, 0.717) is 5.92 Å². The first-order chi connectivity index (χ1) is 7.38. The van der Waals surface area contributed by atoms with Crippen LogP contribution >= 0.6 is 0 Å². The third kappa shape index (κ3) is 0.910. The molecule has 2 fully saturated rings. The van der Waals surface area contributed by atoms with Gasteiger partial charge < -0.3 is 4.74 Å². The van der Waals surface area contributed by atoms with E-state index in [2.05, 4.69) is 25.8 Å². The molecule has 2 saturated carbocycles. The molecule has 0 aromatic rings. The Kier molecular flexibility index (Phi) is 1.73. The maximum atomic E-state index is 11.6. The standard InChI is InChI=1S/C13H19NO2/c1-7-11(15)16-9-8-5-6-13(4,10(9)14-7)12(8,2)3/h7-9H,5-6H2,1-4H3/t7?,8-,9-,13+/m1/s1. The van der Waals surface area contributed by atoms with Gasteiger partial charge in [0, 0.05) is 11.3 Å². The van der Waals surface area contributed by atoms with Crippen molar-refractivity contribution in [1.82, 2.24) is 0 Å². The van der Waals surface area contributed by atoms with E-state index in [-0.39, 0.29) is 28.9 Å². The van der Waals surface area contributed by atoms with Crippen LogP contribution in [0.1, 0.15) is 40.5 Å². The highest BCUT2D eigenvalue weighted by Crippen LogP contribution is 2.65. The predicted molar refractivity (Wildman–Crippen MR) is 61.4 cm³/mol. The number of carbonyl (C=O) groups excluding carboxylic acids is 1. The van der Waals surface area contributed by atoms with Crippen LogP contribution in [0.25, 0.3) is 0 Å². The van der Waals surface area contributed by atoms with Gasteiger partial charge in [-0.3, -0.25) is 4.99 Å². The van der Waals surface area contributed by atoms with Crippen LogP contribution in [0.2, 0.25) is 0 Å². The Morgan fingerprint density at radius 2 is 2.06 bits per heavy atom. The topological polar surface area (TPSA) is 38.7 Å². The highest BCUT2D eigenvalue weighted by Gasteiger charge is 2.67. The van der Waals surface area contributed by atoms with E-state index in [9.17, 15) is 4.79 Å². The third-order valence-corrected chi connectivity index (χ3v) is 5.42. The Labute approximate surface area is 96.3 Å². The van der Waals surface area contributed by atoms with Crippen molar-refractivity contribution in [2.45, 2.75) is 52.7 Å². The van der Waals surface area contributed by atoms with E-state index >= 15 is 0 Å². The van der Waals surface area contributed by atoms with Crippen molar-refractivity contribution >= 4 is 11.7 Å². The first kappa shape index (κ1) is 10.3. The second-order valence-electron chi connectivity index (χ2n) is 6.25. The summed E-state index contributed by atoms with van der Waals surface area (Å²) in [6.07, 6.45) is 2.32. The molecular formula is C13H19NO2. The minimum absolute atomic E-state index is 0.0301. The number of fused-ring (bicyclic) bond motifs is 5. The minimum Gasteiger partial charge on any atom is -0.454 e. The highest BCUT2D eigenvalue weighted by atomic mass is 16.5. The molecule has 0 radical (unpaired) electrons. The van der Waals surface area contributed by atoms with Gasteiger partial charge in [-0.2, -0.15) is 0 Å². The van der Waals surface area contributed by atoms with Gasteiger partial charge in [0.15, 0.2) is 0 Å². The molecule has 3 aliphatic rings. The van der Waals surface area contributed by atoms with Crippen molar-refractivity contribution in [3.63, 3.8) is 0 Å². The van der Waals surface area contributed by atoms with Crippen LogP contribution < -0.4 is 0 Å². The summed E-state index contributed by atoms with van der Waals surface area (Å²) in [6, 6.07) is -0.307. The maximum Gasteiger partial charge on any atom is 0.331 e. The Bertz CT molecular complexity index is 399. The molecule has 2 aliphatic carbocycles. The van der Waals surface area contributed by atoms with E-state index in [4.69, 9.17) is 4.74 Å². The molecule has 1 aliphatic heterocycles. The van der Waals surface area contributed by atoms with Gasteiger partial charge in [0.05, 0.1) is 5.71 Å². The monoisotopic (exact) mass is 221 g/mol. The number of esters is 1. The van der Waals surface area contributed by atoms with Crippen LogP contribution in [0, 0.1) is 16.7 Å². The van der Waals surface area contributed by atoms with Gasteiger partial charge in [-0.15, -0.1) is 0 Å². The van der Waals surface area contributed by atoms with Gasteiger partial charge in [0.2, 0.25) is 0 Å². The van der Waals surface area contributed by atoms with Crippen molar-refractivity contribution in [2.24, 2.45) is 21.7 Å². The van der Waals surface area contributed by atoms with Gasteiger partial charge in [0.25, 0.3) is 0 Å². The number of hydrogen-bond donors (Lipinski definition) is 0. The Hall–Kier alpha value is -0.860. The zero-order valence-corrected chi connectivity index (χ0v) is 10.4. The van der Waals surface area contributed by atoms with Gasteiger partial charge in [-0.05, 0) is 25.2 Å². The fraction of sp³-hybridized carbons (Fsp3) is 0.846. The van der Waals surface area contributed by atoms with Crippen LogP contribution in [0.4, 0.5) is 0 Å². The molecule has 3 rings (SSSR count). The van der Waals surface area contributed by atoms with Crippen molar-refractivity contribution < 1.29 is 9.53 Å². The molecule has 2 bridgehead atoms. The predicted octanol–water partition coefficient (Wildman–Crippen LogP) is 2.20. The smallest absolute Gasteiger partial charge is 0.331 e. The quantitative estimate of drug-likeness (QED) is 0.588. The molecule has 88 valence electrons. The summed E-state index contributed by atoms with van der Waals surface area (Å²) in [5.74, 6) is 0.313.